The Hall–Kier alpha value is -2.17. The third-order valence-corrected chi connectivity index (χ3v) is 4.25. The van der Waals surface area contributed by atoms with E-state index in [1.165, 1.54) is 16.7 Å². The molecule has 0 spiro atoms. The molecule has 0 unspecified atom stereocenters. The van der Waals surface area contributed by atoms with Crippen LogP contribution in [0.15, 0.2) is 48.8 Å². The number of morpholine rings is 1. The van der Waals surface area contributed by atoms with Crippen molar-refractivity contribution < 1.29 is 4.74 Å². The maximum Gasteiger partial charge on any atom is 0.0931 e. The first-order valence-corrected chi connectivity index (χ1v) is 7.72. The van der Waals surface area contributed by atoms with E-state index in [1.807, 2.05) is 0 Å². The van der Waals surface area contributed by atoms with Gasteiger partial charge in [0.25, 0.3) is 0 Å². The van der Waals surface area contributed by atoms with Gasteiger partial charge in [-0.05, 0) is 28.8 Å². The van der Waals surface area contributed by atoms with Gasteiger partial charge >= 0.3 is 0 Å². The second kappa shape index (κ2) is 5.91. The van der Waals surface area contributed by atoms with Crippen LogP contribution in [-0.4, -0.2) is 41.2 Å². The van der Waals surface area contributed by atoms with Gasteiger partial charge in [-0.1, -0.05) is 30.3 Å². The highest BCUT2D eigenvalue weighted by Crippen LogP contribution is 2.27. The number of nitrogens with one attached hydrogen (secondary N) is 1. The van der Waals surface area contributed by atoms with Gasteiger partial charge in [0.05, 0.1) is 30.6 Å². The van der Waals surface area contributed by atoms with E-state index < -0.39 is 0 Å². The predicted molar refractivity (Wildman–Crippen MR) is 87.6 cm³/mol. The summed E-state index contributed by atoms with van der Waals surface area (Å²) in [5, 5.41) is 0. The Morgan fingerprint density at radius 3 is 2.86 bits per heavy atom. The van der Waals surface area contributed by atoms with Crippen molar-refractivity contribution >= 4 is 11.0 Å². The number of benzene rings is 2. The number of hydrogen-bond donors (Lipinski definition) is 1. The maximum absolute atomic E-state index is 5.44. The molecule has 1 aromatic heterocycles. The predicted octanol–water partition coefficient (Wildman–Crippen LogP) is 3.06. The molecule has 3 aromatic rings. The Morgan fingerprint density at radius 2 is 1.95 bits per heavy atom. The van der Waals surface area contributed by atoms with E-state index in [0.717, 1.165) is 43.9 Å². The van der Waals surface area contributed by atoms with Gasteiger partial charge in [-0.2, -0.15) is 0 Å². The van der Waals surface area contributed by atoms with E-state index in [9.17, 15) is 0 Å². The number of hydrogen-bond acceptors (Lipinski definition) is 3. The van der Waals surface area contributed by atoms with Crippen LogP contribution in [0.4, 0.5) is 0 Å². The summed E-state index contributed by atoms with van der Waals surface area (Å²) in [6, 6.07) is 15.1. The minimum atomic E-state index is 0.836. The Morgan fingerprint density at radius 1 is 1.09 bits per heavy atom. The summed E-state index contributed by atoms with van der Waals surface area (Å²) in [6.45, 7) is 4.66. The largest absolute Gasteiger partial charge is 0.379 e. The molecule has 0 saturated carbocycles. The fraction of sp³-hybridized carbons (Fsp3) is 0.278. The van der Waals surface area contributed by atoms with Gasteiger partial charge in [-0.15, -0.1) is 0 Å². The summed E-state index contributed by atoms with van der Waals surface area (Å²) in [6.07, 6.45) is 1.74. The lowest BCUT2D eigenvalue weighted by molar-refractivity contribution is 0.0342. The zero-order valence-electron chi connectivity index (χ0n) is 12.5. The second-order valence-electron chi connectivity index (χ2n) is 5.68. The summed E-state index contributed by atoms with van der Waals surface area (Å²) < 4.78 is 5.44. The number of ether oxygens (including phenoxy) is 1. The van der Waals surface area contributed by atoms with Gasteiger partial charge in [0.2, 0.25) is 0 Å². The average molecular weight is 293 g/mol. The van der Waals surface area contributed by atoms with Crippen molar-refractivity contribution in [3.8, 4) is 11.1 Å². The summed E-state index contributed by atoms with van der Waals surface area (Å²) in [7, 11) is 0. The summed E-state index contributed by atoms with van der Waals surface area (Å²) in [5.74, 6) is 0. The highest BCUT2D eigenvalue weighted by Gasteiger charge is 2.13. The van der Waals surface area contributed by atoms with Gasteiger partial charge in [0.1, 0.15) is 0 Å². The van der Waals surface area contributed by atoms with Crippen LogP contribution in [0.2, 0.25) is 0 Å². The number of H-pyrrole nitrogens is 1. The number of fused-ring (bicyclic) bond motifs is 1. The van der Waals surface area contributed by atoms with Crippen molar-refractivity contribution in [2.75, 3.05) is 26.3 Å². The van der Waals surface area contributed by atoms with Gasteiger partial charge in [-0.3, -0.25) is 4.90 Å². The van der Waals surface area contributed by atoms with Crippen LogP contribution in [0, 0.1) is 0 Å². The van der Waals surface area contributed by atoms with Gasteiger partial charge in [-0.25, -0.2) is 4.98 Å². The zero-order valence-corrected chi connectivity index (χ0v) is 12.5. The number of nitrogens with zero attached hydrogens (tertiary/aromatic N) is 2. The van der Waals surface area contributed by atoms with E-state index in [0.29, 0.717) is 0 Å². The molecule has 0 radical (unpaired) electrons. The average Bonchev–Trinajstić information content (AvgIpc) is 3.04. The minimum absolute atomic E-state index is 0.836. The molecule has 112 valence electrons. The Kier molecular flexibility index (Phi) is 3.62. The molecule has 0 amide bonds. The van der Waals surface area contributed by atoms with E-state index in [2.05, 4.69) is 57.3 Å². The molecule has 22 heavy (non-hydrogen) atoms. The molecule has 0 atom stereocenters. The molecule has 2 heterocycles. The first kappa shape index (κ1) is 13.5. The van der Waals surface area contributed by atoms with Gasteiger partial charge in [0, 0.05) is 19.6 Å². The fourth-order valence-corrected chi connectivity index (χ4v) is 3.04. The molecule has 1 saturated heterocycles. The SMILES string of the molecule is c1ccc(-c2ccc3nc[nH]c3c2)c(CN2CCOCC2)c1. The molecule has 4 heteroatoms. The molecule has 1 N–H and O–H groups in total. The molecule has 4 rings (SSSR count). The normalized spacial score (nSPS) is 16.2. The second-order valence-corrected chi connectivity index (χ2v) is 5.68. The smallest absolute Gasteiger partial charge is 0.0931 e. The van der Waals surface area contributed by atoms with Crippen LogP contribution >= 0.6 is 0 Å². The number of aromatic nitrogens is 2. The molecule has 1 fully saturated rings. The van der Waals surface area contributed by atoms with Crippen LogP contribution in [0.5, 0.6) is 0 Å². The summed E-state index contributed by atoms with van der Waals surface area (Å²) >= 11 is 0. The van der Waals surface area contributed by atoms with Crippen molar-refractivity contribution in [1.29, 1.82) is 0 Å². The van der Waals surface area contributed by atoms with Crippen molar-refractivity contribution in [1.82, 2.24) is 14.9 Å². The molecule has 0 aliphatic carbocycles. The molecule has 1 aliphatic heterocycles. The van der Waals surface area contributed by atoms with E-state index in [1.54, 1.807) is 6.33 Å². The first-order valence-electron chi connectivity index (χ1n) is 7.72. The molecule has 4 nitrogen and oxygen atoms in total. The van der Waals surface area contributed by atoms with Crippen LogP contribution < -0.4 is 0 Å². The zero-order chi connectivity index (χ0) is 14.8. The van der Waals surface area contributed by atoms with Gasteiger partial charge < -0.3 is 9.72 Å². The molecular weight excluding hydrogens is 274 g/mol. The third-order valence-electron chi connectivity index (χ3n) is 4.25. The molecule has 1 aliphatic rings. The lowest BCUT2D eigenvalue weighted by Gasteiger charge is -2.27. The fourth-order valence-electron chi connectivity index (χ4n) is 3.04. The van der Waals surface area contributed by atoms with Crippen LogP contribution in [-0.2, 0) is 11.3 Å². The maximum atomic E-state index is 5.44. The minimum Gasteiger partial charge on any atom is -0.379 e. The van der Waals surface area contributed by atoms with E-state index >= 15 is 0 Å². The Balaban J connectivity index is 1.68. The molecular formula is C18H19N3O. The third kappa shape index (κ3) is 2.63. The Labute approximate surface area is 129 Å². The number of aromatic amines is 1. The molecule has 0 bridgehead atoms. The van der Waals surface area contributed by atoms with Crippen molar-refractivity contribution in [2.45, 2.75) is 6.54 Å². The number of imidazole rings is 1. The highest BCUT2D eigenvalue weighted by atomic mass is 16.5. The topological polar surface area (TPSA) is 41.2 Å². The van der Waals surface area contributed by atoms with Crippen LogP contribution in [0.25, 0.3) is 22.2 Å². The van der Waals surface area contributed by atoms with Crippen LogP contribution in [0.1, 0.15) is 5.56 Å². The van der Waals surface area contributed by atoms with Crippen LogP contribution in [0.3, 0.4) is 0 Å². The van der Waals surface area contributed by atoms with Crippen molar-refractivity contribution in [3.05, 3.63) is 54.4 Å². The Bertz CT molecular complexity index is 775. The summed E-state index contributed by atoms with van der Waals surface area (Å²) in [5.41, 5.74) is 5.99. The lowest BCUT2D eigenvalue weighted by atomic mass is 9.99. The quantitative estimate of drug-likeness (QED) is 0.807. The van der Waals surface area contributed by atoms with Crippen molar-refractivity contribution in [2.24, 2.45) is 0 Å². The molecule has 2 aromatic carbocycles. The van der Waals surface area contributed by atoms with Gasteiger partial charge in [0.15, 0.2) is 0 Å². The standard InChI is InChI=1S/C18H19N3O/c1-2-4-16(14-5-6-17-18(11-14)20-13-19-17)15(3-1)12-21-7-9-22-10-8-21/h1-6,11,13H,7-10,12H2,(H,19,20). The first-order chi connectivity index (χ1) is 10.9. The van der Waals surface area contributed by atoms with E-state index in [4.69, 9.17) is 4.74 Å². The number of rotatable bonds is 3. The van der Waals surface area contributed by atoms with Crippen molar-refractivity contribution in [3.63, 3.8) is 0 Å². The monoisotopic (exact) mass is 293 g/mol. The summed E-state index contributed by atoms with van der Waals surface area (Å²) in [4.78, 5) is 9.94. The lowest BCUT2D eigenvalue weighted by Crippen LogP contribution is -2.35. The van der Waals surface area contributed by atoms with E-state index in [-0.39, 0.29) is 0 Å². The highest BCUT2D eigenvalue weighted by molar-refractivity contribution is 5.82.